The predicted octanol–water partition coefficient (Wildman–Crippen LogP) is 3.58. The van der Waals surface area contributed by atoms with E-state index < -0.39 is 5.54 Å². The largest absolute Gasteiger partial charge is 0.325 e. The van der Waals surface area contributed by atoms with Crippen molar-refractivity contribution in [2.24, 2.45) is 0 Å². The van der Waals surface area contributed by atoms with Crippen molar-refractivity contribution in [3.05, 3.63) is 70.3 Å². The van der Waals surface area contributed by atoms with Crippen molar-refractivity contribution in [2.75, 3.05) is 0 Å². The summed E-state index contributed by atoms with van der Waals surface area (Å²) in [6.07, 6.45) is 0. The van der Waals surface area contributed by atoms with Crippen LogP contribution in [0.5, 0.6) is 0 Å². The summed E-state index contributed by atoms with van der Waals surface area (Å²) in [5.74, 6) is -0.211. The van der Waals surface area contributed by atoms with E-state index in [-0.39, 0.29) is 11.9 Å². The van der Waals surface area contributed by atoms with Crippen molar-refractivity contribution in [1.82, 2.24) is 10.2 Å². The van der Waals surface area contributed by atoms with Gasteiger partial charge in [0.2, 0.25) is 0 Å². The molecule has 1 aliphatic rings. The summed E-state index contributed by atoms with van der Waals surface area (Å²) in [7, 11) is 0. The highest BCUT2D eigenvalue weighted by molar-refractivity contribution is 6.07. The Kier molecular flexibility index (Phi) is 3.91. The number of benzene rings is 2. The van der Waals surface area contributed by atoms with E-state index in [1.54, 1.807) is 6.92 Å². The average molecular weight is 322 g/mol. The highest BCUT2D eigenvalue weighted by Crippen LogP contribution is 2.30. The van der Waals surface area contributed by atoms with E-state index >= 15 is 0 Å². The molecule has 3 rings (SSSR count). The number of carbonyl (C=O) groups excluding carboxylic acids is 2. The maximum absolute atomic E-state index is 13.0. The van der Waals surface area contributed by atoms with Gasteiger partial charge < -0.3 is 5.32 Å². The third-order valence-electron chi connectivity index (χ3n) is 4.74. The lowest BCUT2D eigenvalue weighted by atomic mass is 9.91. The number of hydrogen-bond donors (Lipinski definition) is 1. The molecule has 3 amide bonds. The summed E-state index contributed by atoms with van der Waals surface area (Å²) in [5.41, 5.74) is 4.09. The molecule has 2 aromatic carbocycles. The van der Waals surface area contributed by atoms with Crippen molar-refractivity contribution < 1.29 is 9.59 Å². The second-order valence-corrected chi connectivity index (χ2v) is 6.74. The molecule has 1 atom stereocenters. The molecule has 4 heteroatoms. The monoisotopic (exact) mass is 322 g/mol. The van der Waals surface area contributed by atoms with E-state index in [1.807, 2.05) is 63.2 Å². The predicted molar refractivity (Wildman–Crippen MR) is 93.5 cm³/mol. The number of rotatable bonds is 3. The molecule has 4 nitrogen and oxygen atoms in total. The number of aryl methyl sites for hydroxylation is 3. The highest BCUT2D eigenvalue weighted by atomic mass is 16.2. The van der Waals surface area contributed by atoms with Gasteiger partial charge in [0.05, 0.1) is 6.54 Å². The van der Waals surface area contributed by atoms with Crippen molar-refractivity contribution in [3.63, 3.8) is 0 Å². The van der Waals surface area contributed by atoms with Crippen molar-refractivity contribution in [1.29, 1.82) is 0 Å². The minimum atomic E-state index is -1.01. The van der Waals surface area contributed by atoms with Gasteiger partial charge in [0.25, 0.3) is 5.91 Å². The van der Waals surface area contributed by atoms with Crippen LogP contribution in [0.2, 0.25) is 0 Å². The van der Waals surface area contributed by atoms with Gasteiger partial charge in [-0.2, -0.15) is 0 Å². The zero-order valence-electron chi connectivity index (χ0n) is 14.5. The Hall–Kier alpha value is -2.62. The first-order valence-electron chi connectivity index (χ1n) is 8.08. The third kappa shape index (κ3) is 2.68. The molecule has 0 aliphatic carbocycles. The fourth-order valence-electron chi connectivity index (χ4n) is 3.06. The van der Waals surface area contributed by atoms with E-state index in [2.05, 4.69) is 5.32 Å². The molecule has 1 unspecified atom stereocenters. The van der Waals surface area contributed by atoms with Crippen LogP contribution in [0, 0.1) is 20.8 Å². The van der Waals surface area contributed by atoms with Gasteiger partial charge in [0, 0.05) is 0 Å². The van der Waals surface area contributed by atoms with Gasteiger partial charge in [-0.3, -0.25) is 9.69 Å². The molecule has 124 valence electrons. The topological polar surface area (TPSA) is 49.4 Å². The number of nitrogens with one attached hydrogen (secondary N) is 1. The number of urea groups is 1. The van der Waals surface area contributed by atoms with Gasteiger partial charge in [-0.1, -0.05) is 53.6 Å². The Labute approximate surface area is 142 Å². The van der Waals surface area contributed by atoms with Crippen LogP contribution in [0.15, 0.2) is 42.5 Å². The molecule has 1 aliphatic heterocycles. The first kappa shape index (κ1) is 16.2. The number of hydrogen-bond acceptors (Lipinski definition) is 2. The first-order chi connectivity index (χ1) is 11.3. The van der Waals surface area contributed by atoms with Gasteiger partial charge in [-0.05, 0) is 44.4 Å². The number of nitrogens with zero attached hydrogens (tertiary/aromatic N) is 1. The zero-order valence-corrected chi connectivity index (χ0v) is 14.5. The summed E-state index contributed by atoms with van der Waals surface area (Å²) < 4.78 is 0. The minimum Gasteiger partial charge on any atom is -0.319 e. The molecule has 0 spiro atoms. The van der Waals surface area contributed by atoms with Crippen molar-refractivity contribution in [3.8, 4) is 0 Å². The molecule has 0 saturated carbocycles. The highest BCUT2D eigenvalue weighted by Gasteiger charge is 2.48. The maximum Gasteiger partial charge on any atom is 0.325 e. The van der Waals surface area contributed by atoms with Crippen LogP contribution < -0.4 is 5.32 Å². The van der Waals surface area contributed by atoms with Crippen molar-refractivity contribution >= 4 is 11.9 Å². The fraction of sp³-hybridized carbons (Fsp3) is 0.300. The molecule has 0 aromatic heterocycles. The zero-order chi connectivity index (χ0) is 17.5. The Morgan fingerprint density at radius 3 is 2.25 bits per heavy atom. The fourth-order valence-corrected chi connectivity index (χ4v) is 3.06. The van der Waals surface area contributed by atoms with E-state index in [9.17, 15) is 9.59 Å². The molecule has 1 heterocycles. The number of carbonyl (C=O) groups is 2. The first-order valence-corrected chi connectivity index (χ1v) is 8.08. The second kappa shape index (κ2) is 5.78. The number of amides is 3. The number of imide groups is 1. The van der Waals surface area contributed by atoms with E-state index in [1.165, 1.54) is 4.90 Å². The lowest BCUT2D eigenvalue weighted by Crippen LogP contribution is -2.40. The van der Waals surface area contributed by atoms with Crippen LogP contribution in [0.25, 0.3) is 0 Å². The van der Waals surface area contributed by atoms with Gasteiger partial charge in [-0.25, -0.2) is 4.79 Å². The summed E-state index contributed by atoms with van der Waals surface area (Å²) in [6.45, 7) is 8.05. The molecule has 1 saturated heterocycles. The maximum atomic E-state index is 13.0. The summed E-state index contributed by atoms with van der Waals surface area (Å²) in [6, 6.07) is 13.4. The Balaban J connectivity index is 1.91. The normalized spacial score (nSPS) is 20.4. The molecule has 0 radical (unpaired) electrons. The molecule has 0 bridgehead atoms. The van der Waals surface area contributed by atoms with Crippen molar-refractivity contribution in [2.45, 2.75) is 39.8 Å². The average Bonchev–Trinajstić information content (AvgIpc) is 2.75. The molecular weight excluding hydrogens is 300 g/mol. The minimum absolute atomic E-state index is 0.211. The second-order valence-electron chi connectivity index (χ2n) is 6.74. The lowest BCUT2D eigenvalue weighted by Gasteiger charge is -2.22. The van der Waals surface area contributed by atoms with E-state index in [0.717, 1.165) is 27.8 Å². The Morgan fingerprint density at radius 1 is 0.958 bits per heavy atom. The smallest absolute Gasteiger partial charge is 0.319 e. The lowest BCUT2D eigenvalue weighted by molar-refractivity contribution is -0.131. The molecular formula is C20H22N2O2. The van der Waals surface area contributed by atoms with Gasteiger partial charge >= 0.3 is 6.03 Å². The summed E-state index contributed by atoms with van der Waals surface area (Å²) >= 11 is 0. The summed E-state index contributed by atoms with van der Waals surface area (Å²) in [4.78, 5) is 26.7. The van der Waals surface area contributed by atoms with Crippen LogP contribution in [0.3, 0.4) is 0 Å². The van der Waals surface area contributed by atoms with E-state index in [4.69, 9.17) is 0 Å². The summed E-state index contributed by atoms with van der Waals surface area (Å²) in [5, 5.41) is 2.86. The standard InChI is InChI=1S/C20H22N2O2/c1-13-6-9-17(10-7-13)20(4)18(23)22(19(24)21-20)12-16-11-14(2)5-8-15(16)3/h5-11H,12H2,1-4H3,(H,21,24). The van der Waals surface area contributed by atoms with Crippen LogP contribution >= 0.6 is 0 Å². The Morgan fingerprint density at radius 2 is 1.58 bits per heavy atom. The molecule has 1 N–H and O–H groups in total. The van der Waals surface area contributed by atoms with E-state index in [0.29, 0.717) is 6.54 Å². The van der Waals surface area contributed by atoms with Crippen LogP contribution in [0.1, 0.15) is 34.7 Å². The Bertz CT molecular complexity index is 811. The third-order valence-corrected chi connectivity index (χ3v) is 4.74. The molecule has 24 heavy (non-hydrogen) atoms. The SMILES string of the molecule is Cc1ccc(C2(C)NC(=O)N(Cc3cc(C)ccc3C)C2=O)cc1. The quantitative estimate of drug-likeness (QED) is 0.878. The van der Waals surface area contributed by atoms with Gasteiger partial charge in [0.15, 0.2) is 0 Å². The van der Waals surface area contributed by atoms with Gasteiger partial charge in [-0.15, -0.1) is 0 Å². The van der Waals surface area contributed by atoms with Crippen LogP contribution in [-0.4, -0.2) is 16.8 Å². The molecule has 1 fully saturated rings. The van der Waals surface area contributed by atoms with Gasteiger partial charge in [0.1, 0.15) is 5.54 Å². The van der Waals surface area contributed by atoms with Crippen LogP contribution in [0.4, 0.5) is 4.79 Å². The molecule has 2 aromatic rings. The van der Waals surface area contributed by atoms with Crippen LogP contribution in [-0.2, 0) is 16.9 Å².